The van der Waals surface area contributed by atoms with Crippen LogP contribution in [0.25, 0.3) is 17.4 Å². The molecule has 162 valence electrons. The Kier molecular flexibility index (Phi) is 5.06. The van der Waals surface area contributed by atoms with Crippen molar-refractivity contribution in [2.45, 2.75) is 25.7 Å². The molecule has 1 aliphatic rings. The summed E-state index contributed by atoms with van der Waals surface area (Å²) in [4.78, 5) is 32.7. The number of aromatic nitrogens is 4. The molecule has 0 aliphatic heterocycles. The second kappa shape index (κ2) is 8.18. The number of furan rings is 1. The normalized spacial score (nSPS) is 12.5. The van der Waals surface area contributed by atoms with Crippen molar-refractivity contribution >= 4 is 11.7 Å². The molecule has 0 atom stereocenters. The summed E-state index contributed by atoms with van der Waals surface area (Å²) in [6, 6.07) is 12.5. The summed E-state index contributed by atoms with van der Waals surface area (Å²) >= 11 is 0. The number of H-pyrrole nitrogens is 1. The second-order valence-corrected chi connectivity index (χ2v) is 7.55. The van der Waals surface area contributed by atoms with Crippen molar-refractivity contribution in [1.82, 2.24) is 19.7 Å². The predicted molar refractivity (Wildman–Crippen MR) is 117 cm³/mol. The van der Waals surface area contributed by atoms with E-state index in [1.54, 1.807) is 43.7 Å². The van der Waals surface area contributed by atoms with Gasteiger partial charge in [0.1, 0.15) is 17.3 Å². The summed E-state index contributed by atoms with van der Waals surface area (Å²) in [5.74, 6) is 1.68. The minimum absolute atomic E-state index is 0.166. The lowest BCUT2D eigenvalue weighted by molar-refractivity contribution is -0.115. The van der Waals surface area contributed by atoms with Crippen LogP contribution in [0.1, 0.15) is 23.2 Å². The first-order valence-electron chi connectivity index (χ1n) is 10.3. The maximum Gasteiger partial charge on any atom is 0.255 e. The fourth-order valence-electron chi connectivity index (χ4n) is 3.82. The molecular weight excluding hydrogens is 410 g/mol. The number of anilines is 1. The topological polar surface area (TPSA) is 115 Å². The van der Waals surface area contributed by atoms with Crippen molar-refractivity contribution in [2.75, 3.05) is 12.4 Å². The van der Waals surface area contributed by atoms with Crippen LogP contribution in [0.5, 0.6) is 5.75 Å². The van der Waals surface area contributed by atoms with Gasteiger partial charge in [-0.1, -0.05) is 12.1 Å². The SMILES string of the molecule is COc1ccc(CC(=O)Nc2cc(-c3ccco3)nn2-c2nc3c(c(=O)[nH]2)CCC3)cc1. The van der Waals surface area contributed by atoms with Crippen LogP contribution in [0.3, 0.4) is 0 Å². The van der Waals surface area contributed by atoms with E-state index in [1.165, 1.54) is 4.68 Å². The molecular formula is C23H21N5O4. The Labute approximate surface area is 183 Å². The highest BCUT2D eigenvalue weighted by Crippen LogP contribution is 2.25. The van der Waals surface area contributed by atoms with E-state index in [1.807, 2.05) is 12.1 Å². The van der Waals surface area contributed by atoms with Gasteiger partial charge in [0.05, 0.1) is 25.5 Å². The molecule has 4 aromatic rings. The number of rotatable bonds is 6. The van der Waals surface area contributed by atoms with Crippen molar-refractivity contribution in [3.8, 4) is 23.2 Å². The quantitative estimate of drug-likeness (QED) is 0.485. The van der Waals surface area contributed by atoms with E-state index in [4.69, 9.17) is 9.15 Å². The number of nitrogens with zero attached hydrogens (tertiary/aromatic N) is 3. The summed E-state index contributed by atoms with van der Waals surface area (Å²) in [5.41, 5.74) is 2.67. The third-order valence-electron chi connectivity index (χ3n) is 5.40. The highest BCUT2D eigenvalue weighted by Gasteiger charge is 2.21. The first-order valence-corrected chi connectivity index (χ1v) is 10.3. The number of aryl methyl sites for hydroxylation is 1. The van der Waals surface area contributed by atoms with Crippen molar-refractivity contribution in [2.24, 2.45) is 0 Å². The van der Waals surface area contributed by atoms with Gasteiger partial charge in [-0.15, -0.1) is 0 Å². The zero-order valence-electron chi connectivity index (χ0n) is 17.4. The number of carbonyl (C=O) groups excluding carboxylic acids is 1. The van der Waals surface area contributed by atoms with Crippen LogP contribution in [0, 0.1) is 0 Å². The second-order valence-electron chi connectivity index (χ2n) is 7.55. The molecule has 9 heteroatoms. The van der Waals surface area contributed by atoms with Gasteiger partial charge >= 0.3 is 0 Å². The number of amides is 1. The van der Waals surface area contributed by atoms with Crippen LogP contribution in [0.4, 0.5) is 5.82 Å². The molecule has 0 spiro atoms. The Morgan fingerprint density at radius 1 is 1.25 bits per heavy atom. The Hall–Kier alpha value is -4.14. The van der Waals surface area contributed by atoms with Crippen LogP contribution in [-0.2, 0) is 24.1 Å². The van der Waals surface area contributed by atoms with E-state index < -0.39 is 0 Å². The minimum Gasteiger partial charge on any atom is -0.497 e. The van der Waals surface area contributed by atoms with Crippen LogP contribution in [0.15, 0.2) is 57.9 Å². The first-order chi connectivity index (χ1) is 15.6. The molecule has 0 bridgehead atoms. The molecule has 5 rings (SSSR count). The first kappa shape index (κ1) is 19.8. The van der Waals surface area contributed by atoms with Gasteiger partial charge in [-0.3, -0.25) is 14.6 Å². The number of hydrogen-bond acceptors (Lipinski definition) is 6. The average molecular weight is 431 g/mol. The Bertz CT molecular complexity index is 1320. The van der Waals surface area contributed by atoms with Gasteiger partial charge < -0.3 is 14.5 Å². The summed E-state index contributed by atoms with van der Waals surface area (Å²) < 4.78 is 12.0. The number of aromatic amines is 1. The van der Waals surface area contributed by atoms with Gasteiger partial charge in [0, 0.05) is 11.6 Å². The molecule has 0 fully saturated rings. The summed E-state index contributed by atoms with van der Waals surface area (Å²) in [7, 11) is 1.59. The lowest BCUT2D eigenvalue weighted by Gasteiger charge is -2.09. The van der Waals surface area contributed by atoms with Gasteiger partial charge in [0.15, 0.2) is 5.76 Å². The number of benzene rings is 1. The van der Waals surface area contributed by atoms with E-state index in [9.17, 15) is 9.59 Å². The third-order valence-corrected chi connectivity index (χ3v) is 5.40. The zero-order chi connectivity index (χ0) is 22.1. The van der Waals surface area contributed by atoms with E-state index in [-0.39, 0.29) is 23.8 Å². The van der Waals surface area contributed by atoms with Crippen molar-refractivity contribution < 1.29 is 13.9 Å². The monoisotopic (exact) mass is 431 g/mol. The lowest BCUT2D eigenvalue weighted by atomic mass is 10.1. The highest BCUT2D eigenvalue weighted by molar-refractivity contribution is 5.92. The Morgan fingerprint density at radius 2 is 2.09 bits per heavy atom. The van der Waals surface area contributed by atoms with Crippen molar-refractivity contribution in [1.29, 1.82) is 0 Å². The molecule has 0 unspecified atom stereocenters. The number of ether oxygens (including phenoxy) is 1. The molecule has 3 aromatic heterocycles. The number of hydrogen-bond donors (Lipinski definition) is 2. The number of nitrogens with one attached hydrogen (secondary N) is 2. The minimum atomic E-state index is -0.231. The zero-order valence-corrected chi connectivity index (χ0v) is 17.4. The van der Waals surface area contributed by atoms with Crippen LogP contribution in [-0.4, -0.2) is 32.8 Å². The lowest BCUT2D eigenvalue weighted by Crippen LogP contribution is -2.21. The summed E-state index contributed by atoms with van der Waals surface area (Å²) in [6.45, 7) is 0. The van der Waals surface area contributed by atoms with Crippen molar-refractivity contribution in [3.63, 3.8) is 0 Å². The average Bonchev–Trinajstić information content (AvgIpc) is 3.54. The standard InChI is InChI=1S/C23H21N5O4/c1-31-15-9-7-14(8-10-15)12-21(29)25-20-13-18(19-6-3-11-32-19)27-28(20)23-24-17-5-2-4-16(17)22(30)26-23/h3,6-11,13H,2,4-5,12H2,1H3,(H,25,29)(H,24,26,30). The van der Waals surface area contributed by atoms with Crippen molar-refractivity contribution in [3.05, 3.63) is 75.9 Å². The Morgan fingerprint density at radius 3 is 2.84 bits per heavy atom. The van der Waals surface area contributed by atoms with Crippen LogP contribution in [0.2, 0.25) is 0 Å². The number of carbonyl (C=O) groups is 1. The molecule has 9 nitrogen and oxygen atoms in total. The maximum absolute atomic E-state index is 12.8. The molecule has 2 N–H and O–H groups in total. The fourth-order valence-corrected chi connectivity index (χ4v) is 3.82. The van der Waals surface area contributed by atoms with E-state index in [0.717, 1.165) is 41.8 Å². The van der Waals surface area contributed by atoms with Gasteiger partial charge in [-0.05, 0) is 49.1 Å². The van der Waals surface area contributed by atoms with Crippen LogP contribution < -0.4 is 15.6 Å². The predicted octanol–water partition coefficient (Wildman–Crippen LogP) is 2.89. The molecule has 1 amide bonds. The maximum atomic E-state index is 12.8. The molecule has 0 saturated heterocycles. The molecule has 1 aliphatic carbocycles. The number of fused-ring (bicyclic) bond motifs is 1. The van der Waals surface area contributed by atoms with E-state index >= 15 is 0 Å². The summed E-state index contributed by atoms with van der Waals surface area (Å²) in [6.07, 6.45) is 4.08. The van der Waals surface area contributed by atoms with Gasteiger partial charge in [0.2, 0.25) is 11.9 Å². The highest BCUT2D eigenvalue weighted by atomic mass is 16.5. The summed E-state index contributed by atoms with van der Waals surface area (Å²) in [5, 5.41) is 7.41. The van der Waals surface area contributed by atoms with Gasteiger partial charge in [-0.2, -0.15) is 9.78 Å². The molecule has 3 heterocycles. The van der Waals surface area contributed by atoms with Gasteiger partial charge in [0.25, 0.3) is 5.56 Å². The molecule has 0 radical (unpaired) electrons. The fraction of sp³-hybridized carbons (Fsp3) is 0.217. The van der Waals surface area contributed by atoms with E-state index in [0.29, 0.717) is 17.3 Å². The number of methoxy groups -OCH3 is 1. The molecule has 32 heavy (non-hydrogen) atoms. The molecule has 1 aromatic carbocycles. The van der Waals surface area contributed by atoms with Gasteiger partial charge in [-0.25, -0.2) is 4.98 Å². The largest absolute Gasteiger partial charge is 0.497 e. The molecule has 0 saturated carbocycles. The Balaban J connectivity index is 1.47. The van der Waals surface area contributed by atoms with E-state index in [2.05, 4.69) is 20.4 Å². The smallest absolute Gasteiger partial charge is 0.255 e. The third kappa shape index (κ3) is 3.80. The van der Waals surface area contributed by atoms with Crippen LogP contribution >= 0.6 is 0 Å².